The first kappa shape index (κ1) is 10.1. The van der Waals surface area contributed by atoms with Gasteiger partial charge in [0.15, 0.2) is 11.0 Å². The first-order chi connectivity index (χ1) is 7.27. The summed E-state index contributed by atoms with van der Waals surface area (Å²) in [4.78, 5) is 11.9. The summed E-state index contributed by atoms with van der Waals surface area (Å²) in [6, 6.07) is 0. The fourth-order valence-electron chi connectivity index (χ4n) is 1.01. The highest BCUT2D eigenvalue weighted by Gasteiger charge is 2.05. The van der Waals surface area contributed by atoms with Crippen molar-refractivity contribution in [3.8, 4) is 0 Å². The molecule has 0 atom stereocenters. The van der Waals surface area contributed by atoms with Crippen molar-refractivity contribution in [2.45, 2.75) is 6.54 Å². The highest BCUT2D eigenvalue weighted by Crippen LogP contribution is 2.22. The number of rotatable bonds is 3. The highest BCUT2D eigenvalue weighted by atomic mass is 35.5. The Hall–Kier alpha value is -1.40. The van der Waals surface area contributed by atoms with Gasteiger partial charge >= 0.3 is 0 Å². The van der Waals surface area contributed by atoms with Crippen LogP contribution in [0.3, 0.4) is 0 Å². The van der Waals surface area contributed by atoms with Crippen molar-refractivity contribution in [1.82, 2.24) is 15.0 Å². The van der Waals surface area contributed by atoms with Gasteiger partial charge in [-0.3, -0.25) is 0 Å². The van der Waals surface area contributed by atoms with Gasteiger partial charge in [-0.1, -0.05) is 11.6 Å². The lowest BCUT2D eigenvalue weighted by molar-refractivity contribution is 1.04. The minimum atomic E-state index is 0.255. The van der Waals surface area contributed by atoms with Crippen LogP contribution in [-0.2, 0) is 6.54 Å². The highest BCUT2D eigenvalue weighted by molar-refractivity contribution is 7.07. The predicted molar refractivity (Wildman–Crippen MR) is 60.9 cm³/mol. The Bertz CT molecular complexity index is 444. The predicted octanol–water partition coefficient (Wildman–Crippen LogP) is 1.78. The summed E-state index contributed by atoms with van der Waals surface area (Å²) in [6.45, 7) is 0.570. The molecule has 0 aliphatic rings. The molecule has 2 aromatic heterocycles. The minimum Gasteiger partial charge on any atom is -0.393 e. The second kappa shape index (κ2) is 4.41. The van der Waals surface area contributed by atoms with Gasteiger partial charge in [-0.2, -0.15) is 0 Å². The Balaban J connectivity index is 2.08. The van der Waals surface area contributed by atoms with Gasteiger partial charge in [-0.25, -0.2) is 15.0 Å². The van der Waals surface area contributed by atoms with Gasteiger partial charge in [-0.05, 0) is 0 Å². The van der Waals surface area contributed by atoms with E-state index in [0.717, 1.165) is 5.69 Å². The van der Waals surface area contributed by atoms with Crippen molar-refractivity contribution in [1.29, 1.82) is 0 Å². The zero-order valence-corrected chi connectivity index (χ0v) is 9.22. The number of nitrogens with two attached hydrogens (primary N) is 1. The van der Waals surface area contributed by atoms with Gasteiger partial charge < -0.3 is 11.1 Å². The van der Waals surface area contributed by atoms with Crippen molar-refractivity contribution in [2.24, 2.45) is 0 Å². The molecule has 0 saturated carbocycles. The molecule has 15 heavy (non-hydrogen) atoms. The molecule has 0 aromatic carbocycles. The summed E-state index contributed by atoms with van der Waals surface area (Å²) in [5.41, 5.74) is 8.75. The number of anilines is 2. The van der Waals surface area contributed by atoms with E-state index in [1.807, 2.05) is 5.38 Å². The summed E-state index contributed by atoms with van der Waals surface area (Å²) in [5, 5.41) is 5.25. The van der Waals surface area contributed by atoms with Crippen LogP contribution in [0.25, 0.3) is 0 Å². The van der Waals surface area contributed by atoms with E-state index in [1.165, 1.54) is 6.33 Å². The smallest absolute Gasteiger partial charge is 0.157 e. The molecule has 0 unspecified atom stereocenters. The van der Waals surface area contributed by atoms with Crippen LogP contribution in [0.15, 0.2) is 17.2 Å². The molecule has 0 bridgehead atoms. The van der Waals surface area contributed by atoms with Crippen molar-refractivity contribution in [3.05, 3.63) is 28.1 Å². The molecule has 0 aliphatic carbocycles. The normalized spacial score (nSPS) is 10.2. The molecule has 7 heteroatoms. The molecule has 0 amide bonds. The topological polar surface area (TPSA) is 76.7 Å². The van der Waals surface area contributed by atoms with Crippen LogP contribution in [0.2, 0.25) is 5.15 Å². The van der Waals surface area contributed by atoms with Crippen LogP contribution in [0, 0.1) is 0 Å². The quantitative estimate of drug-likeness (QED) is 0.801. The monoisotopic (exact) mass is 241 g/mol. The molecule has 0 saturated heterocycles. The van der Waals surface area contributed by atoms with E-state index in [-0.39, 0.29) is 5.15 Å². The van der Waals surface area contributed by atoms with Gasteiger partial charge in [0.2, 0.25) is 0 Å². The van der Waals surface area contributed by atoms with Gasteiger partial charge in [0, 0.05) is 5.38 Å². The lowest BCUT2D eigenvalue weighted by atomic mass is 10.4. The third-order valence-corrected chi connectivity index (χ3v) is 2.69. The van der Waals surface area contributed by atoms with Crippen LogP contribution >= 0.6 is 22.9 Å². The number of nitrogen functional groups attached to an aromatic ring is 1. The van der Waals surface area contributed by atoms with E-state index >= 15 is 0 Å². The minimum absolute atomic E-state index is 0.255. The third-order valence-electron chi connectivity index (χ3n) is 1.76. The molecule has 3 N–H and O–H groups in total. The average molecular weight is 242 g/mol. The summed E-state index contributed by atoms with van der Waals surface area (Å²) in [5.74, 6) is 0.531. The number of hydrogen-bond donors (Lipinski definition) is 2. The Morgan fingerprint density at radius 3 is 3.00 bits per heavy atom. The Morgan fingerprint density at radius 2 is 2.27 bits per heavy atom. The van der Waals surface area contributed by atoms with Gasteiger partial charge in [-0.15, -0.1) is 11.3 Å². The molecule has 5 nitrogen and oxygen atoms in total. The van der Waals surface area contributed by atoms with E-state index in [9.17, 15) is 0 Å². The number of nitrogens with one attached hydrogen (secondary N) is 1. The van der Waals surface area contributed by atoms with Crippen LogP contribution in [-0.4, -0.2) is 15.0 Å². The Labute approximate surface area is 95.3 Å². The Morgan fingerprint density at radius 1 is 1.40 bits per heavy atom. The molecule has 2 aromatic rings. The number of thiazole rings is 1. The third kappa shape index (κ3) is 2.34. The zero-order valence-electron chi connectivity index (χ0n) is 7.64. The van der Waals surface area contributed by atoms with E-state index in [0.29, 0.717) is 18.1 Å². The van der Waals surface area contributed by atoms with E-state index in [4.69, 9.17) is 17.3 Å². The van der Waals surface area contributed by atoms with Gasteiger partial charge in [0.05, 0.1) is 17.7 Å². The van der Waals surface area contributed by atoms with Gasteiger partial charge in [0.1, 0.15) is 12.0 Å². The van der Waals surface area contributed by atoms with Crippen LogP contribution in [0.4, 0.5) is 11.5 Å². The SMILES string of the molecule is Nc1c(Cl)ncnc1NCc1cscn1. The second-order valence-electron chi connectivity index (χ2n) is 2.76. The van der Waals surface area contributed by atoms with E-state index < -0.39 is 0 Å². The lowest BCUT2D eigenvalue weighted by Crippen LogP contribution is -2.05. The van der Waals surface area contributed by atoms with Crippen molar-refractivity contribution in [3.63, 3.8) is 0 Å². The van der Waals surface area contributed by atoms with Crippen molar-refractivity contribution >= 4 is 34.4 Å². The molecule has 2 rings (SSSR count). The fourth-order valence-corrected chi connectivity index (χ4v) is 1.71. The molecule has 0 radical (unpaired) electrons. The fraction of sp³-hybridized carbons (Fsp3) is 0.125. The van der Waals surface area contributed by atoms with Crippen LogP contribution in [0.5, 0.6) is 0 Å². The summed E-state index contributed by atoms with van der Waals surface area (Å²) in [6.07, 6.45) is 1.36. The Kier molecular flexibility index (Phi) is 2.98. The molecule has 0 fully saturated rings. The second-order valence-corrected chi connectivity index (χ2v) is 3.84. The maximum absolute atomic E-state index is 5.74. The first-order valence-electron chi connectivity index (χ1n) is 4.14. The molecule has 2 heterocycles. The lowest BCUT2D eigenvalue weighted by Gasteiger charge is -2.06. The maximum atomic E-state index is 5.74. The molecule has 0 spiro atoms. The van der Waals surface area contributed by atoms with E-state index in [2.05, 4.69) is 20.3 Å². The number of hydrogen-bond acceptors (Lipinski definition) is 6. The molecule has 78 valence electrons. The number of nitrogens with zero attached hydrogens (tertiary/aromatic N) is 3. The summed E-state index contributed by atoms with van der Waals surface area (Å²) < 4.78 is 0. The maximum Gasteiger partial charge on any atom is 0.157 e. The summed E-state index contributed by atoms with van der Waals surface area (Å²) >= 11 is 7.29. The number of aromatic nitrogens is 3. The largest absolute Gasteiger partial charge is 0.393 e. The van der Waals surface area contributed by atoms with Crippen molar-refractivity contribution < 1.29 is 0 Å². The zero-order chi connectivity index (χ0) is 10.7. The van der Waals surface area contributed by atoms with Gasteiger partial charge in [0.25, 0.3) is 0 Å². The van der Waals surface area contributed by atoms with Crippen LogP contribution in [0.1, 0.15) is 5.69 Å². The average Bonchev–Trinajstić information content (AvgIpc) is 2.73. The van der Waals surface area contributed by atoms with Crippen LogP contribution < -0.4 is 11.1 Å². The first-order valence-corrected chi connectivity index (χ1v) is 5.46. The van der Waals surface area contributed by atoms with Crippen molar-refractivity contribution in [2.75, 3.05) is 11.1 Å². The standard InChI is InChI=1S/C8H8ClN5S/c9-7-6(10)8(13-3-12-7)11-1-5-2-15-4-14-5/h2-4H,1,10H2,(H,11,12,13). The van der Waals surface area contributed by atoms with E-state index in [1.54, 1.807) is 16.8 Å². The molecular formula is C8H8ClN5S. The number of halogens is 1. The molecule has 0 aliphatic heterocycles. The molecular weight excluding hydrogens is 234 g/mol. The summed E-state index contributed by atoms with van der Waals surface area (Å²) in [7, 11) is 0.